The average molecular weight is 674 g/mol. The molecule has 0 bridgehead atoms. The summed E-state index contributed by atoms with van der Waals surface area (Å²) in [5.74, 6) is -2.90. The van der Waals surface area contributed by atoms with Gasteiger partial charge in [-0.15, -0.1) is 0 Å². The Morgan fingerprint density at radius 1 is 0.915 bits per heavy atom. The molecule has 1 heterocycles. The number of hydrogen-bond donors (Lipinski definition) is 1. The van der Waals surface area contributed by atoms with Crippen molar-refractivity contribution in [2.24, 2.45) is 11.8 Å². The van der Waals surface area contributed by atoms with Gasteiger partial charge in [0, 0.05) is 12.8 Å². The van der Waals surface area contributed by atoms with Crippen molar-refractivity contribution < 1.29 is 28.7 Å². The van der Waals surface area contributed by atoms with E-state index in [2.05, 4.69) is 40.4 Å². The zero-order valence-corrected chi connectivity index (χ0v) is 30.4. The number of ketones is 1. The first-order valence-corrected chi connectivity index (χ1v) is 20.8. The highest BCUT2D eigenvalue weighted by Gasteiger charge is 2.59. The van der Waals surface area contributed by atoms with Crippen LogP contribution in [-0.4, -0.2) is 66.8 Å². The maximum Gasteiger partial charge on any atom is 0.356 e. The zero-order chi connectivity index (χ0) is 34.6. The highest BCUT2D eigenvalue weighted by molar-refractivity contribution is 7.96. The van der Waals surface area contributed by atoms with Crippen molar-refractivity contribution in [3.8, 4) is 0 Å². The van der Waals surface area contributed by atoms with Crippen molar-refractivity contribution in [3.63, 3.8) is 0 Å². The number of ether oxygens (including phenoxy) is 1. The average Bonchev–Trinajstić information content (AvgIpc) is 3.05. The van der Waals surface area contributed by atoms with E-state index in [1.807, 2.05) is 97.9 Å². The van der Waals surface area contributed by atoms with Crippen LogP contribution in [0.1, 0.15) is 34.6 Å². The standard InChI is InChI=1S/C38H48NO6PSi/c1-9-25-44-37(43)36(39-34(27(2)32(41)26-40)33(35(39)42)28(3)45-47(7,8)38(4,5)6)46(29-19-13-10-14-20-29,30-21-15-11-16-22-30)31-23-17-12-18-24-31/h9-24,27-28,33-34,40H,1,25-26H2,2-8H3/t27-,28+,33+,34+/m0/s1. The fraction of sp³-hybridized carbons (Fsp3) is 0.368. The lowest BCUT2D eigenvalue weighted by Gasteiger charge is -2.54. The van der Waals surface area contributed by atoms with Crippen LogP contribution in [0.25, 0.3) is 0 Å². The number of rotatable bonds is 13. The van der Waals surface area contributed by atoms with Crippen LogP contribution >= 0.6 is 6.89 Å². The van der Waals surface area contributed by atoms with E-state index >= 15 is 0 Å². The number of likely N-dealkylation sites (tertiary alicyclic amines) is 1. The lowest BCUT2D eigenvalue weighted by molar-refractivity contribution is -0.161. The van der Waals surface area contributed by atoms with Crippen LogP contribution in [0.2, 0.25) is 18.1 Å². The molecule has 0 saturated carbocycles. The Morgan fingerprint density at radius 3 is 1.74 bits per heavy atom. The molecule has 3 aromatic rings. The van der Waals surface area contributed by atoms with E-state index in [0.29, 0.717) is 0 Å². The van der Waals surface area contributed by atoms with Crippen LogP contribution < -0.4 is 15.9 Å². The molecular weight excluding hydrogens is 625 g/mol. The molecule has 4 rings (SSSR count). The van der Waals surface area contributed by atoms with E-state index in [-0.39, 0.29) is 23.0 Å². The summed E-state index contributed by atoms with van der Waals surface area (Å²) in [6.45, 7) is 14.1. The minimum absolute atomic E-state index is 0.0627. The number of nitrogens with zero attached hydrogens (tertiary/aromatic N) is 1. The number of Topliss-reactive ketones (excluding diaryl/α,β-unsaturated/α-hetero) is 1. The van der Waals surface area contributed by atoms with Gasteiger partial charge in [-0.1, -0.05) is 131 Å². The Hall–Kier alpha value is -3.55. The summed E-state index contributed by atoms with van der Waals surface area (Å²) in [5, 5.41) is 12.5. The molecule has 0 aliphatic carbocycles. The lowest BCUT2D eigenvalue weighted by atomic mass is 9.75. The molecule has 4 atom stereocenters. The fourth-order valence-electron chi connectivity index (χ4n) is 6.20. The predicted molar refractivity (Wildman–Crippen MR) is 194 cm³/mol. The molecule has 250 valence electrons. The summed E-state index contributed by atoms with van der Waals surface area (Å²) >= 11 is 0. The summed E-state index contributed by atoms with van der Waals surface area (Å²) in [4.78, 5) is 44.2. The number of amides is 1. The van der Waals surface area contributed by atoms with Crippen molar-refractivity contribution >= 4 is 54.2 Å². The third kappa shape index (κ3) is 6.88. The fourth-order valence-corrected chi connectivity index (χ4v) is 12.0. The molecule has 1 aliphatic rings. The zero-order valence-electron chi connectivity index (χ0n) is 28.6. The van der Waals surface area contributed by atoms with Crippen molar-refractivity contribution in [1.29, 1.82) is 0 Å². The molecule has 3 aromatic carbocycles. The molecule has 1 fully saturated rings. The van der Waals surface area contributed by atoms with E-state index < -0.39 is 57.5 Å². The summed E-state index contributed by atoms with van der Waals surface area (Å²) in [7, 11) is -2.33. The smallest absolute Gasteiger partial charge is 0.356 e. The molecule has 7 nitrogen and oxygen atoms in total. The Balaban J connectivity index is 2.14. The topological polar surface area (TPSA) is 93.1 Å². The predicted octanol–water partition coefficient (Wildman–Crippen LogP) is 5.27. The maximum atomic E-state index is 14.8. The Bertz CT molecular complexity index is 1530. The molecule has 1 saturated heterocycles. The molecule has 0 unspecified atom stereocenters. The normalized spacial score (nSPS) is 18.1. The minimum atomic E-state index is -3.15. The summed E-state index contributed by atoms with van der Waals surface area (Å²) in [5.41, 5.74) is 0.186. The highest BCUT2D eigenvalue weighted by Crippen LogP contribution is 2.51. The first-order valence-electron chi connectivity index (χ1n) is 16.1. The van der Waals surface area contributed by atoms with Gasteiger partial charge in [-0.3, -0.25) is 9.59 Å². The molecule has 1 aliphatic heterocycles. The van der Waals surface area contributed by atoms with E-state index in [4.69, 9.17) is 9.16 Å². The lowest BCUT2D eigenvalue weighted by Crippen LogP contribution is -2.71. The van der Waals surface area contributed by atoms with Crippen LogP contribution in [-0.2, 0) is 23.5 Å². The van der Waals surface area contributed by atoms with Gasteiger partial charge >= 0.3 is 5.97 Å². The van der Waals surface area contributed by atoms with Gasteiger partial charge in [-0.2, -0.15) is 0 Å². The van der Waals surface area contributed by atoms with Crippen molar-refractivity contribution in [3.05, 3.63) is 104 Å². The quantitative estimate of drug-likeness (QED) is 0.0874. The van der Waals surface area contributed by atoms with Crippen LogP contribution in [0.4, 0.5) is 0 Å². The van der Waals surface area contributed by atoms with Crippen molar-refractivity contribution in [2.45, 2.75) is 64.9 Å². The third-order valence-corrected chi connectivity index (χ3v) is 18.5. The number of benzene rings is 3. The Morgan fingerprint density at radius 2 is 1.36 bits per heavy atom. The first kappa shape index (κ1) is 36.3. The van der Waals surface area contributed by atoms with Gasteiger partial charge in [-0.05, 0) is 41.0 Å². The second kappa shape index (κ2) is 14.7. The number of esters is 1. The molecule has 1 N–H and O–H groups in total. The molecule has 9 heteroatoms. The SMILES string of the molecule is C=CCOC(=O)C(N1C(=O)[C@H]([C@@H](C)O[Si](C)(C)C(C)(C)C)[C@H]1[C@@H](C)C(=O)CO)=P(c1ccccc1)(c1ccccc1)c1ccccc1. The second-order valence-corrected chi connectivity index (χ2v) is 21.7. The molecule has 47 heavy (non-hydrogen) atoms. The van der Waals surface area contributed by atoms with Crippen LogP contribution in [0, 0.1) is 11.8 Å². The van der Waals surface area contributed by atoms with Crippen LogP contribution in [0.3, 0.4) is 0 Å². The summed E-state index contributed by atoms with van der Waals surface area (Å²) in [6, 6.07) is 28.4. The highest BCUT2D eigenvalue weighted by atomic mass is 31.2. The molecular formula is C38H48NO6PSi. The first-order chi connectivity index (χ1) is 22.2. The van der Waals surface area contributed by atoms with Gasteiger partial charge in [0.25, 0.3) is 0 Å². The minimum Gasteiger partial charge on any atom is -0.457 e. The van der Waals surface area contributed by atoms with Gasteiger partial charge in [-0.25, -0.2) is 4.79 Å². The van der Waals surface area contributed by atoms with Crippen molar-refractivity contribution in [2.75, 3.05) is 13.2 Å². The van der Waals surface area contributed by atoms with Gasteiger partial charge in [0.05, 0.1) is 18.1 Å². The monoisotopic (exact) mass is 673 g/mol. The summed E-state index contributed by atoms with van der Waals surface area (Å²) in [6.07, 6.45) is 0.955. The number of carbonyl (C=O) groups excluding carboxylic acids is 3. The number of β-lactam (4-membered cyclic amide) rings is 1. The van der Waals surface area contributed by atoms with Gasteiger partial charge < -0.3 is 19.2 Å². The molecule has 0 aromatic heterocycles. The Labute approximate surface area is 280 Å². The van der Waals surface area contributed by atoms with E-state index in [1.54, 1.807) is 6.92 Å². The third-order valence-electron chi connectivity index (χ3n) is 9.65. The number of aliphatic hydroxyl groups is 1. The van der Waals surface area contributed by atoms with Gasteiger partial charge in [0.2, 0.25) is 5.91 Å². The number of hydrogen-bond acceptors (Lipinski definition) is 6. The van der Waals surface area contributed by atoms with Crippen LogP contribution in [0.15, 0.2) is 104 Å². The van der Waals surface area contributed by atoms with Gasteiger partial charge in [0.15, 0.2) is 14.1 Å². The maximum absolute atomic E-state index is 14.8. The second-order valence-electron chi connectivity index (χ2n) is 13.6. The summed E-state index contributed by atoms with van der Waals surface area (Å²) < 4.78 is 12.6. The van der Waals surface area contributed by atoms with Gasteiger partial charge in [0.1, 0.15) is 18.6 Å². The molecule has 0 radical (unpaired) electrons. The largest absolute Gasteiger partial charge is 0.457 e. The molecule has 1 amide bonds. The van der Waals surface area contributed by atoms with Crippen molar-refractivity contribution in [1.82, 2.24) is 4.90 Å². The van der Waals surface area contributed by atoms with E-state index in [9.17, 15) is 19.5 Å². The van der Waals surface area contributed by atoms with E-state index in [0.717, 1.165) is 15.9 Å². The number of aliphatic hydroxyl groups excluding tert-OH is 1. The van der Waals surface area contributed by atoms with E-state index in [1.165, 1.54) is 11.0 Å². The number of carbonyl (C=O) groups is 3. The molecule has 0 spiro atoms. The Kier molecular flexibility index (Phi) is 11.3. The van der Waals surface area contributed by atoms with Crippen LogP contribution in [0.5, 0.6) is 0 Å².